The van der Waals surface area contributed by atoms with Crippen molar-refractivity contribution in [3.05, 3.63) is 122 Å². The molecule has 2 atom stereocenters. The molecule has 0 aliphatic rings. The second-order valence-corrected chi connectivity index (χ2v) is 21.7. The third kappa shape index (κ3) is 57.7. The van der Waals surface area contributed by atoms with Gasteiger partial charge in [-0.15, -0.1) is 0 Å². The van der Waals surface area contributed by atoms with E-state index in [0.717, 1.165) is 122 Å². The van der Waals surface area contributed by atoms with E-state index in [1.54, 1.807) is 0 Å². The number of phosphoric acid groups is 1. The van der Waals surface area contributed by atoms with Gasteiger partial charge in [0.2, 0.25) is 0 Å². The quantitative estimate of drug-likeness (QED) is 0.0211. The number of ether oxygens (including phenoxy) is 2. The summed E-state index contributed by atoms with van der Waals surface area (Å²) in [5.74, 6) is -0.823. The van der Waals surface area contributed by atoms with Crippen LogP contribution in [0.5, 0.6) is 0 Å². The number of hydrogen-bond donors (Lipinski definition) is 1. The van der Waals surface area contributed by atoms with Crippen LogP contribution in [0.1, 0.15) is 219 Å². The van der Waals surface area contributed by atoms with Crippen LogP contribution in [0.2, 0.25) is 0 Å². The molecule has 1 N–H and O–H groups in total. The van der Waals surface area contributed by atoms with Crippen molar-refractivity contribution in [3.63, 3.8) is 0 Å². The zero-order valence-electron chi connectivity index (χ0n) is 47.8. The molecule has 0 bridgehead atoms. The maximum Gasteiger partial charge on any atom is 0.472 e. The average Bonchev–Trinajstić information content (AvgIpc) is 3.36. The second kappa shape index (κ2) is 54.2. The lowest BCUT2D eigenvalue weighted by Gasteiger charge is -2.24. The Morgan fingerprint density at radius 1 is 0.432 bits per heavy atom. The van der Waals surface area contributed by atoms with Gasteiger partial charge in [-0.1, -0.05) is 225 Å². The summed E-state index contributed by atoms with van der Waals surface area (Å²) < 4.78 is 34.5. The lowest BCUT2D eigenvalue weighted by atomic mass is 10.0. The van der Waals surface area contributed by atoms with Crippen molar-refractivity contribution in [1.82, 2.24) is 0 Å². The van der Waals surface area contributed by atoms with Crippen molar-refractivity contribution in [2.45, 2.75) is 225 Å². The minimum absolute atomic E-state index is 0.0238. The van der Waals surface area contributed by atoms with Crippen molar-refractivity contribution >= 4 is 19.8 Å². The summed E-state index contributed by atoms with van der Waals surface area (Å²) in [4.78, 5) is 35.6. The number of quaternary nitrogens is 1. The molecule has 10 heteroatoms. The van der Waals surface area contributed by atoms with Crippen LogP contribution in [0.15, 0.2) is 122 Å². The van der Waals surface area contributed by atoms with E-state index in [4.69, 9.17) is 18.5 Å². The number of esters is 2. The first-order chi connectivity index (χ1) is 36.0. The Morgan fingerprint density at radius 3 is 1.15 bits per heavy atom. The number of phosphoric ester groups is 1. The summed E-state index contributed by atoms with van der Waals surface area (Å²) in [7, 11) is 1.45. The van der Waals surface area contributed by atoms with E-state index in [0.29, 0.717) is 17.4 Å². The first-order valence-electron chi connectivity index (χ1n) is 29.3. The van der Waals surface area contributed by atoms with E-state index < -0.39 is 26.5 Å². The van der Waals surface area contributed by atoms with Crippen LogP contribution in [0.3, 0.4) is 0 Å². The van der Waals surface area contributed by atoms with Crippen molar-refractivity contribution in [2.24, 2.45) is 0 Å². The fraction of sp³-hybridized carbons (Fsp3) is 0.656. The van der Waals surface area contributed by atoms with Crippen LogP contribution in [0.4, 0.5) is 0 Å². The number of carbonyl (C=O) groups is 2. The number of nitrogens with zero attached hydrogens (tertiary/aromatic N) is 1. The predicted molar refractivity (Wildman–Crippen MR) is 316 cm³/mol. The van der Waals surface area contributed by atoms with E-state index >= 15 is 0 Å². The standard InChI is InChI=1S/C64H108NO8P/c1-6-8-10-12-14-16-18-20-21-22-23-24-25-26-27-28-29-30-31-32-33-34-35-36-37-38-39-40-41-42-43-45-47-49-51-53-55-57-64(67)73-62(61-72-74(68,69)71-59-58-65(3,4)5)60-70-63(66)56-54-52-50-48-46-44-19-17-15-13-11-9-7-2/h8,10-11,13-14,16-17,19-21,23-24,26-27,29-30,32-33,35-36,62H,6-7,9,12,15,18,22,25,28,31,34,37-61H2,1-5H3/p+1/b10-8-,13-11-,16-14-,19-17-,21-20-,24-23-,27-26-,30-29-,33-32-,36-35-. The Balaban J connectivity index is 4.08. The van der Waals surface area contributed by atoms with Gasteiger partial charge < -0.3 is 18.9 Å². The molecule has 0 aliphatic heterocycles. The third-order valence-corrected chi connectivity index (χ3v) is 12.9. The molecule has 0 fully saturated rings. The molecule has 2 unspecified atom stereocenters. The Kier molecular flexibility index (Phi) is 51.6. The van der Waals surface area contributed by atoms with Crippen molar-refractivity contribution in [2.75, 3.05) is 47.5 Å². The molecule has 0 aliphatic carbocycles. The normalized spacial score (nSPS) is 14.2. The molecule has 0 saturated carbocycles. The molecule has 0 heterocycles. The fourth-order valence-electron chi connectivity index (χ4n) is 7.48. The van der Waals surface area contributed by atoms with Gasteiger partial charge >= 0.3 is 19.8 Å². The Bertz CT molecular complexity index is 1660. The lowest BCUT2D eigenvalue weighted by Crippen LogP contribution is -2.37. The van der Waals surface area contributed by atoms with E-state index in [2.05, 4.69) is 135 Å². The topological polar surface area (TPSA) is 108 Å². The SMILES string of the molecule is CC/C=C\C/C=C\C/C=C\C/C=C\C/C=C\C/C=C\C/C=C\C/C=C\CCCCCCCCCCCCCCC(=O)OC(COC(=O)CCCCCCC/C=C\C/C=C\CCC)COP(=O)(O)OCC[N+](C)(C)C. The molecule has 0 spiro atoms. The molecule has 74 heavy (non-hydrogen) atoms. The zero-order chi connectivity index (χ0) is 54.2. The molecule has 0 radical (unpaired) electrons. The van der Waals surface area contributed by atoms with Crippen LogP contribution < -0.4 is 0 Å². The van der Waals surface area contributed by atoms with Crippen molar-refractivity contribution in [3.8, 4) is 0 Å². The monoisotopic (exact) mass is 1050 g/mol. The molecule has 0 rings (SSSR count). The van der Waals surface area contributed by atoms with Crippen LogP contribution in [0, 0.1) is 0 Å². The van der Waals surface area contributed by atoms with E-state index in [9.17, 15) is 19.0 Å². The molecule has 0 aromatic rings. The summed E-state index contributed by atoms with van der Waals surface area (Å²) in [5.41, 5.74) is 0. The van der Waals surface area contributed by atoms with Gasteiger partial charge in [-0.2, -0.15) is 0 Å². The Labute approximate surface area is 454 Å². The highest BCUT2D eigenvalue weighted by Gasteiger charge is 2.27. The largest absolute Gasteiger partial charge is 0.472 e. The molecular weight excluding hydrogens is 942 g/mol. The maximum atomic E-state index is 12.8. The molecule has 0 saturated heterocycles. The van der Waals surface area contributed by atoms with Crippen LogP contribution in [0.25, 0.3) is 0 Å². The summed E-state index contributed by atoms with van der Waals surface area (Å²) >= 11 is 0. The maximum absolute atomic E-state index is 12.8. The summed E-state index contributed by atoms with van der Waals surface area (Å²) in [6.45, 7) is 4.22. The van der Waals surface area contributed by atoms with Gasteiger partial charge in [0.1, 0.15) is 19.8 Å². The molecule has 9 nitrogen and oxygen atoms in total. The molecular formula is C64H109NO8P+. The number of unbranched alkanes of at least 4 members (excludes halogenated alkanes) is 18. The van der Waals surface area contributed by atoms with E-state index in [-0.39, 0.29) is 32.0 Å². The first-order valence-corrected chi connectivity index (χ1v) is 30.8. The van der Waals surface area contributed by atoms with E-state index in [1.807, 2.05) is 21.1 Å². The predicted octanol–water partition coefficient (Wildman–Crippen LogP) is 18.4. The smallest absolute Gasteiger partial charge is 0.462 e. The van der Waals surface area contributed by atoms with Gasteiger partial charge in [-0.3, -0.25) is 18.6 Å². The molecule has 0 aromatic heterocycles. The molecule has 0 aromatic carbocycles. The number of hydrogen-bond acceptors (Lipinski definition) is 7. The van der Waals surface area contributed by atoms with Gasteiger partial charge in [-0.05, 0) is 103 Å². The number of carbonyl (C=O) groups excluding carboxylic acids is 2. The highest BCUT2D eigenvalue weighted by molar-refractivity contribution is 7.47. The highest BCUT2D eigenvalue weighted by Crippen LogP contribution is 2.43. The Hall–Kier alpha value is -3.59. The fourth-order valence-corrected chi connectivity index (χ4v) is 8.22. The molecule has 0 amide bonds. The minimum Gasteiger partial charge on any atom is -0.462 e. The summed E-state index contributed by atoms with van der Waals surface area (Å²) in [6.07, 6.45) is 77.1. The first kappa shape index (κ1) is 70.4. The number of allylic oxidation sites excluding steroid dienone is 20. The third-order valence-electron chi connectivity index (χ3n) is 12.0. The average molecular weight is 1050 g/mol. The van der Waals surface area contributed by atoms with Crippen molar-refractivity contribution < 1.29 is 42.1 Å². The lowest BCUT2D eigenvalue weighted by molar-refractivity contribution is -0.870. The van der Waals surface area contributed by atoms with Crippen LogP contribution >= 0.6 is 7.82 Å². The van der Waals surface area contributed by atoms with Gasteiger partial charge in [0.25, 0.3) is 0 Å². The Morgan fingerprint density at radius 2 is 0.770 bits per heavy atom. The van der Waals surface area contributed by atoms with Crippen LogP contribution in [-0.4, -0.2) is 74.9 Å². The minimum atomic E-state index is -4.39. The second-order valence-electron chi connectivity index (χ2n) is 20.3. The van der Waals surface area contributed by atoms with E-state index in [1.165, 1.54) is 64.2 Å². The number of likely N-dealkylation sites (N-methyl/N-ethyl adjacent to an activating group) is 1. The summed E-state index contributed by atoms with van der Waals surface area (Å²) in [5, 5.41) is 0. The van der Waals surface area contributed by atoms with Gasteiger partial charge in [0.15, 0.2) is 6.10 Å². The van der Waals surface area contributed by atoms with Crippen LogP contribution in [-0.2, 0) is 32.7 Å². The molecule has 422 valence electrons. The highest BCUT2D eigenvalue weighted by atomic mass is 31.2. The van der Waals surface area contributed by atoms with Gasteiger partial charge in [0, 0.05) is 12.8 Å². The zero-order valence-corrected chi connectivity index (χ0v) is 48.7. The van der Waals surface area contributed by atoms with Gasteiger partial charge in [-0.25, -0.2) is 4.57 Å². The summed E-state index contributed by atoms with van der Waals surface area (Å²) in [6, 6.07) is 0. The van der Waals surface area contributed by atoms with Crippen molar-refractivity contribution in [1.29, 1.82) is 0 Å². The van der Waals surface area contributed by atoms with Gasteiger partial charge in [0.05, 0.1) is 27.7 Å². The number of rotatable bonds is 52.